The van der Waals surface area contributed by atoms with E-state index in [0.717, 1.165) is 37.1 Å². The molecule has 3 heterocycles. The van der Waals surface area contributed by atoms with Gasteiger partial charge in [-0.25, -0.2) is 0 Å². The molecule has 2 unspecified atom stereocenters. The maximum absolute atomic E-state index is 12.9. The summed E-state index contributed by atoms with van der Waals surface area (Å²) in [4.78, 5) is 19.1. The molecule has 1 amide bonds. The van der Waals surface area contributed by atoms with Crippen LogP contribution in [0.1, 0.15) is 29.6 Å². The number of carbonyl (C=O) groups is 1. The van der Waals surface area contributed by atoms with E-state index in [-0.39, 0.29) is 5.91 Å². The number of pyridine rings is 1. The van der Waals surface area contributed by atoms with E-state index in [2.05, 4.69) is 10.3 Å². The molecule has 0 radical (unpaired) electrons. The maximum atomic E-state index is 12.9. The number of benzene rings is 1. The molecule has 2 aromatic rings. The quantitative estimate of drug-likeness (QED) is 0.911. The second-order valence-electron chi connectivity index (χ2n) is 6.65. The van der Waals surface area contributed by atoms with Crippen molar-refractivity contribution in [2.45, 2.75) is 31.3 Å². The average molecular weight is 342 g/mol. The van der Waals surface area contributed by atoms with E-state index in [4.69, 9.17) is 11.6 Å². The molecule has 2 aliphatic rings. The predicted molar refractivity (Wildman–Crippen MR) is 95.1 cm³/mol. The first-order chi connectivity index (χ1) is 11.7. The summed E-state index contributed by atoms with van der Waals surface area (Å²) in [5, 5.41) is 4.31. The number of amides is 1. The van der Waals surface area contributed by atoms with E-state index in [1.54, 1.807) is 12.4 Å². The fourth-order valence-corrected chi connectivity index (χ4v) is 3.79. The summed E-state index contributed by atoms with van der Waals surface area (Å²) in [6, 6.07) is 10.5. The molecule has 2 saturated heterocycles. The van der Waals surface area contributed by atoms with Gasteiger partial charge in [-0.2, -0.15) is 0 Å². The van der Waals surface area contributed by atoms with Crippen LogP contribution in [0.3, 0.4) is 0 Å². The summed E-state index contributed by atoms with van der Waals surface area (Å²) in [5.41, 5.74) is 2.60. The molecular formula is C19H20ClN3O. The second-order valence-corrected chi connectivity index (χ2v) is 7.08. The van der Waals surface area contributed by atoms with E-state index in [1.807, 2.05) is 35.2 Å². The van der Waals surface area contributed by atoms with Crippen LogP contribution in [0.25, 0.3) is 11.1 Å². The Bertz CT molecular complexity index is 747. The molecule has 4 rings (SSSR count). The summed E-state index contributed by atoms with van der Waals surface area (Å²) < 4.78 is 0. The van der Waals surface area contributed by atoms with Crippen LogP contribution in [-0.2, 0) is 0 Å². The molecule has 2 fully saturated rings. The number of aromatic nitrogens is 1. The Morgan fingerprint density at radius 1 is 1.08 bits per heavy atom. The van der Waals surface area contributed by atoms with Gasteiger partial charge in [0.25, 0.3) is 5.91 Å². The van der Waals surface area contributed by atoms with Gasteiger partial charge in [0.05, 0.1) is 5.56 Å². The Kier molecular flexibility index (Phi) is 4.25. The highest BCUT2D eigenvalue weighted by Gasteiger charge is 2.31. The van der Waals surface area contributed by atoms with Gasteiger partial charge in [0, 0.05) is 48.2 Å². The lowest BCUT2D eigenvalue weighted by Gasteiger charge is -2.24. The van der Waals surface area contributed by atoms with Gasteiger partial charge in [0.2, 0.25) is 0 Å². The number of rotatable bonds is 2. The topological polar surface area (TPSA) is 45.2 Å². The summed E-state index contributed by atoms with van der Waals surface area (Å²) in [6.07, 6.45) is 6.88. The van der Waals surface area contributed by atoms with Gasteiger partial charge in [-0.1, -0.05) is 23.7 Å². The fraction of sp³-hybridized carbons (Fsp3) is 0.368. The van der Waals surface area contributed by atoms with Gasteiger partial charge >= 0.3 is 0 Å². The Morgan fingerprint density at radius 2 is 1.88 bits per heavy atom. The summed E-state index contributed by atoms with van der Waals surface area (Å²) in [5.74, 6) is 0.0765. The molecule has 5 heteroatoms. The minimum Gasteiger partial charge on any atom is -0.337 e. The number of nitrogens with one attached hydrogen (secondary N) is 1. The number of hydrogen-bond acceptors (Lipinski definition) is 3. The lowest BCUT2D eigenvalue weighted by Crippen LogP contribution is -2.39. The Hall–Kier alpha value is -1.91. The molecule has 124 valence electrons. The van der Waals surface area contributed by atoms with Crippen LogP contribution in [0.5, 0.6) is 0 Å². The summed E-state index contributed by atoms with van der Waals surface area (Å²) >= 11 is 5.95. The highest BCUT2D eigenvalue weighted by molar-refractivity contribution is 6.30. The first-order valence-electron chi connectivity index (χ1n) is 8.45. The molecule has 0 saturated carbocycles. The van der Waals surface area contributed by atoms with Crippen LogP contribution in [0.2, 0.25) is 5.02 Å². The van der Waals surface area contributed by atoms with E-state index in [9.17, 15) is 4.79 Å². The summed E-state index contributed by atoms with van der Waals surface area (Å²) in [6.45, 7) is 1.61. The van der Waals surface area contributed by atoms with Gasteiger partial charge in [0.1, 0.15) is 0 Å². The van der Waals surface area contributed by atoms with Crippen LogP contribution in [-0.4, -0.2) is 41.0 Å². The highest BCUT2D eigenvalue weighted by atomic mass is 35.5. The number of fused-ring (bicyclic) bond motifs is 2. The zero-order valence-corrected chi connectivity index (χ0v) is 14.2. The fourth-order valence-electron chi connectivity index (χ4n) is 3.67. The van der Waals surface area contributed by atoms with Crippen molar-refractivity contribution in [2.24, 2.45) is 0 Å². The first kappa shape index (κ1) is 15.6. The van der Waals surface area contributed by atoms with Gasteiger partial charge in [0.15, 0.2) is 0 Å². The minimum absolute atomic E-state index is 0.0765. The molecule has 1 aromatic carbocycles. The number of carbonyl (C=O) groups excluding carboxylic acids is 1. The van der Waals surface area contributed by atoms with Gasteiger partial charge in [-0.05, 0) is 43.0 Å². The number of hydrogen-bond donors (Lipinski definition) is 1. The molecule has 4 nitrogen and oxygen atoms in total. The normalized spacial score (nSPS) is 23.1. The predicted octanol–water partition coefficient (Wildman–Crippen LogP) is 3.37. The highest BCUT2D eigenvalue weighted by Crippen LogP contribution is 2.24. The van der Waals surface area contributed by atoms with Crippen molar-refractivity contribution in [3.8, 4) is 11.1 Å². The Morgan fingerprint density at radius 3 is 2.71 bits per heavy atom. The van der Waals surface area contributed by atoms with E-state index in [1.165, 1.54) is 6.42 Å². The first-order valence-corrected chi connectivity index (χ1v) is 8.83. The minimum atomic E-state index is 0.0765. The third-order valence-corrected chi connectivity index (χ3v) is 5.23. The average Bonchev–Trinajstić information content (AvgIpc) is 2.94. The standard InChI is InChI=1S/C19H20ClN3O/c20-16-3-1-13(2-4-16)14-9-15(11-21-10-14)19(24)23-8-7-17-5-6-18(12-23)22-17/h1-4,9-11,17-18,22H,5-8,12H2. The molecule has 2 aliphatic heterocycles. The van der Waals surface area contributed by atoms with Crippen LogP contribution in [0.15, 0.2) is 42.7 Å². The molecular weight excluding hydrogens is 322 g/mol. The molecule has 1 aromatic heterocycles. The maximum Gasteiger partial charge on any atom is 0.255 e. The Labute approximate surface area is 146 Å². The van der Waals surface area contributed by atoms with Crippen molar-refractivity contribution in [3.63, 3.8) is 0 Å². The number of nitrogens with zero attached hydrogens (tertiary/aromatic N) is 2. The lowest BCUT2D eigenvalue weighted by molar-refractivity contribution is 0.0748. The molecule has 1 N–H and O–H groups in total. The molecule has 24 heavy (non-hydrogen) atoms. The van der Waals surface area contributed by atoms with E-state index >= 15 is 0 Å². The summed E-state index contributed by atoms with van der Waals surface area (Å²) in [7, 11) is 0. The molecule has 2 bridgehead atoms. The van der Waals surface area contributed by atoms with Crippen molar-refractivity contribution < 1.29 is 4.79 Å². The molecule has 2 atom stereocenters. The van der Waals surface area contributed by atoms with Gasteiger partial charge < -0.3 is 10.2 Å². The van der Waals surface area contributed by atoms with Crippen molar-refractivity contribution in [3.05, 3.63) is 53.3 Å². The molecule has 0 spiro atoms. The smallest absolute Gasteiger partial charge is 0.255 e. The van der Waals surface area contributed by atoms with Crippen LogP contribution in [0.4, 0.5) is 0 Å². The zero-order valence-electron chi connectivity index (χ0n) is 13.4. The van der Waals surface area contributed by atoms with Gasteiger partial charge in [-0.3, -0.25) is 9.78 Å². The van der Waals surface area contributed by atoms with Crippen molar-refractivity contribution >= 4 is 17.5 Å². The lowest BCUT2D eigenvalue weighted by atomic mass is 10.0. The number of halogens is 1. The third-order valence-electron chi connectivity index (χ3n) is 4.97. The van der Waals surface area contributed by atoms with Crippen molar-refractivity contribution in [1.82, 2.24) is 15.2 Å². The second kappa shape index (κ2) is 6.54. The third kappa shape index (κ3) is 3.17. The zero-order chi connectivity index (χ0) is 16.5. The monoisotopic (exact) mass is 341 g/mol. The van der Waals surface area contributed by atoms with E-state index < -0.39 is 0 Å². The van der Waals surface area contributed by atoms with Crippen LogP contribution < -0.4 is 5.32 Å². The van der Waals surface area contributed by atoms with E-state index in [0.29, 0.717) is 22.7 Å². The number of likely N-dealkylation sites (tertiary alicyclic amines) is 1. The SMILES string of the molecule is O=C(c1cncc(-c2ccc(Cl)cc2)c1)N1CCC2CCC(C1)N2. The molecule has 0 aliphatic carbocycles. The van der Waals surface area contributed by atoms with Gasteiger partial charge in [-0.15, -0.1) is 0 Å². The van der Waals surface area contributed by atoms with Crippen molar-refractivity contribution in [2.75, 3.05) is 13.1 Å². The largest absolute Gasteiger partial charge is 0.337 e. The van der Waals surface area contributed by atoms with Crippen LogP contribution in [0, 0.1) is 0 Å². The van der Waals surface area contributed by atoms with Crippen LogP contribution >= 0.6 is 11.6 Å². The Balaban J connectivity index is 1.56. The van der Waals surface area contributed by atoms with Crippen molar-refractivity contribution in [1.29, 1.82) is 0 Å².